The molecule has 8 nitrogen and oxygen atoms in total. The number of hydrogen-bond donors (Lipinski definition) is 2. The molecule has 4 aromatic rings. The summed E-state index contributed by atoms with van der Waals surface area (Å²) in [4.78, 5) is 16.3. The van der Waals surface area contributed by atoms with E-state index in [0.29, 0.717) is 17.0 Å². The molecule has 3 aromatic heterocycles. The Bertz CT molecular complexity index is 1430. The van der Waals surface area contributed by atoms with Crippen LogP contribution < -0.4 is 5.56 Å². The Kier molecular flexibility index (Phi) is 6.09. The molecule has 3 heterocycles. The first-order chi connectivity index (χ1) is 17.7. The van der Waals surface area contributed by atoms with E-state index in [1.807, 2.05) is 23.0 Å². The van der Waals surface area contributed by atoms with Crippen molar-refractivity contribution in [3.05, 3.63) is 64.6 Å². The number of nitrogens with zero attached hydrogens (tertiary/aromatic N) is 5. The topological polar surface area (TPSA) is 105 Å². The SMILES string of the molecule is CCCC1CC=C(c2ccc(-c3cc(-c4ccn(CC5CC5)n4)c(-c4nn[nH]n4)c(=O)[nH]3)cc2)CC1. The second kappa shape index (κ2) is 9.68. The predicted octanol–water partition coefficient (Wildman–Crippen LogP) is 5.48. The van der Waals surface area contributed by atoms with Crippen molar-refractivity contribution in [2.75, 3.05) is 0 Å². The van der Waals surface area contributed by atoms with Gasteiger partial charge in [-0.2, -0.15) is 10.3 Å². The zero-order valence-corrected chi connectivity index (χ0v) is 20.6. The summed E-state index contributed by atoms with van der Waals surface area (Å²) in [6, 6.07) is 12.4. The normalized spacial score (nSPS) is 17.8. The minimum atomic E-state index is -0.262. The summed E-state index contributed by atoms with van der Waals surface area (Å²) in [5.41, 5.74) is 5.92. The largest absolute Gasteiger partial charge is 0.321 e. The Hall–Kier alpha value is -3.81. The molecular formula is C28H31N7O. The van der Waals surface area contributed by atoms with Crippen LogP contribution in [0.4, 0.5) is 0 Å². The number of nitrogens with one attached hydrogen (secondary N) is 2. The third-order valence-electron chi connectivity index (χ3n) is 7.44. The Morgan fingerprint density at radius 1 is 1.06 bits per heavy atom. The van der Waals surface area contributed by atoms with Crippen molar-refractivity contribution in [3.63, 3.8) is 0 Å². The summed E-state index contributed by atoms with van der Waals surface area (Å²) in [7, 11) is 0. The predicted molar refractivity (Wildman–Crippen MR) is 140 cm³/mol. The number of pyridine rings is 1. The van der Waals surface area contributed by atoms with Gasteiger partial charge in [-0.1, -0.05) is 50.1 Å². The molecule has 6 rings (SSSR count). The van der Waals surface area contributed by atoms with Crippen molar-refractivity contribution in [2.45, 2.75) is 58.4 Å². The molecule has 0 saturated heterocycles. The van der Waals surface area contributed by atoms with E-state index >= 15 is 0 Å². The van der Waals surface area contributed by atoms with Crippen LogP contribution in [-0.4, -0.2) is 35.4 Å². The zero-order valence-electron chi connectivity index (χ0n) is 20.6. The van der Waals surface area contributed by atoms with E-state index in [1.54, 1.807) is 0 Å². The molecule has 0 aliphatic heterocycles. The van der Waals surface area contributed by atoms with Gasteiger partial charge in [0.05, 0.1) is 11.3 Å². The number of allylic oxidation sites excluding steroid dienone is 2. The number of hydrogen-bond acceptors (Lipinski definition) is 5. The number of tetrazole rings is 1. The fourth-order valence-corrected chi connectivity index (χ4v) is 5.26. The molecule has 1 saturated carbocycles. The van der Waals surface area contributed by atoms with E-state index < -0.39 is 0 Å². The van der Waals surface area contributed by atoms with Gasteiger partial charge in [0.15, 0.2) is 0 Å². The summed E-state index contributed by atoms with van der Waals surface area (Å²) >= 11 is 0. The highest BCUT2D eigenvalue weighted by atomic mass is 16.1. The Labute approximate surface area is 209 Å². The van der Waals surface area contributed by atoms with Crippen molar-refractivity contribution < 1.29 is 0 Å². The molecule has 2 aliphatic rings. The molecule has 1 aromatic carbocycles. The van der Waals surface area contributed by atoms with Gasteiger partial charge >= 0.3 is 0 Å². The standard InChI is InChI=1S/C28H31N7O/c1-2-3-18-6-8-20(9-7-18)21-10-12-22(13-11-21)25-16-23(24-14-15-35(32-24)17-19-4-5-19)26(28(36)29-25)27-30-33-34-31-27/h8,10-16,18-19H,2-7,9,17H2,1H3,(H,29,36)(H,30,31,33,34). The Morgan fingerprint density at radius 2 is 1.89 bits per heavy atom. The molecular weight excluding hydrogens is 450 g/mol. The van der Waals surface area contributed by atoms with Gasteiger partial charge in [0.25, 0.3) is 5.56 Å². The van der Waals surface area contributed by atoms with Gasteiger partial charge in [-0.15, -0.1) is 10.2 Å². The minimum Gasteiger partial charge on any atom is -0.321 e. The molecule has 2 aliphatic carbocycles. The third-order valence-corrected chi connectivity index (χ3v) is 7.44. The lowest BCUT2D eigenvalue weighted by Crippen LogP contribution is -2.13. The second-order valence-electron chi connectivity index (χ2n) is 10.1. The molecule has 1 atom stereocenters. The highest BCUT2D eigenvalue weighted by Gasteiger charge is 2.23. The summed E-state index contributed by atoms with van der Waals surface area (Å²) in [5, 5.41) is 19.0. The Balaban J connectivity index is 1.33. The molecule has 1 unspecified atom stereocenters. The van der Waals surface area contributed by atoms with Crippen LogP contribution in [0.1, 0.15) is 57.4 Å². The Morgan fingerprint density at radius 3 is 2.58 bits per heavy atom. The first-order valence-electron chi connectivity index (χ1n) is 13.0. The van der Waals surface area contributed by atoms with Crippen molar-refractivity contribution in [2.24, 2.45) is 11.8 Å². The average molecular weight is 482 g/mol. The highest BCUT2D eigenvalue weighted by Crippen LogP contribution is 2.35. The molecule has 0 amide bonds. The maximum Gasteiger partial charge on any atom is 0.260 e. The van der Waals surface area contributed by atoms with Gasteiger partial charge in [-0.05, 0) is 78.0 Å². The molecule has 1 fully saturated rings. The lowest BCUT2D eigenvalue weighted by atomic mass is 9.84. The highest BCUT2D eigenvalue weighted by molar-refractivity contribution is 5.81. The van der Waals surface area contributed by atoms with Crippen LogP contribution >= 0.6 is 0 Å². The molecule has 0 spiro atoms. The van der Waals surface area contributed by atoms with Gasteiger partial charge in [-0.25, -0.2) is 0 Å². The lowest BCUT2D eigenvalue weighted by molar-refractivity contribution is 0.445. The van der Waals surface area contributed by atoms with Crippen LogP contribution in [0.25, 0.3) is 39.5 Å². The maximum absolute atomic E-state index is 13.3. The van der Waals surface area contributed by atoms with E-state index in [2.05, 4.69) is 62.9 Å². The van der Waals surface area contributed by atoms with Gasteiger partial charge in [0.1, 0.15) is 0 Å². The van der Waals surface area contributed by atoms with E-state index in [1.165, 1.54) is 49.7 Å². The lowest BCUT2D eigenvalue weighted by Gasteiger charge is -2.21. The van der Waals surface area contributed by atoms with Crippen LogP contribution in [-0.2, 0) is 6.54 Å². The number of benzene rings is 1. The van der Waals surface area contributed by atoms with Crippen molar-refractivity contribution >= 4 is 5.57 Å². The molecule has 8 heteroatoms. The monoisotopic (exact) mass is 481 g/mol. The smallest absolute Gasteiger partial charge is 0.260 e. The summed E-state index contributed by atoms with van der Waals surface area (Å²) in [5.74, 6) is 1.79. The van der Waals surface area contributed by atoms with Crippen LogP contribution in [0.3, 0.4) is 0 Å². The number of aromatic nitrogens is 7. The van der Waals surface area contributed by atoms with Crippen LogP contribution in [0.5, 0.6) is 0 Å². The quantitative estimate of drug-likeness (QED) is 0.347. The fraction of sp³-hybridized carbons (Fsp3) is 0.393. The first kappa shape index (κ1) is 22.6. The maximum atomic E-state index is 13.3. The second-order valence-corrected chi connectivity index (χ2v) is 10.1. The number of H-pyrrole nitrogens is 2. The molecule has 0 radical (unpaired) electrons. The molecule has 2 N–H and O–H groups in total. The zero-order chi connectivity index (χ0) is 24.5. The van der Waals surface area contributed by atoms with Gasteiger partial charge < -0.3 is 4.98 Å². The number of aromatic amines is 2. The van der Waals surface area contributed by atoms with E-state index in [0.717, 1.165) is 35.8 Å². The van der Waals surface area contributed by atoms with Crippen molar-refractivity contribution in [1.82, 2.24) is 35.4 Å². The van der Waals surface area contributed by atoms with E-state index in [-0.39, 0.29) is 11.4 Å². The van der Waals surface area contributed by atoms with Crippen LogP contribution in [0.2, 0.25) is 0 Å². The van der Waals surface area contributed by atoms with E-state index in [4.69, 9.17) is 5.10 Å². The van der Waals surface area contributed by atoms with Crippen molar-refractivity contribution in [1.29, 1.82) is 0 Å². The summed E-state index contributed by atoms with van der Waals surface area (Å²) < 4.78 is 1.96. The molecule has 184 valence electrons. The number of rotatable bonds is 8. The summed E-state index contributed by atoms with van der Waals surface area (Å²) in [6.07, 6.45) is 13.0. The van der Waals surface area contributed by atoms with Gasteiger partial charge in [-0.3, -0.25) is 9.48 Å². The molecule has 0 bridgehead atoms. The van der Waals surface area contributed by atoms with Gasteiger partial charge in [0, 0.05) is 24.0 Å². The van der Waals surface area contributed by atoms with Crippen LogP contribution in [0, 0.1) is 11.8 Å². The fourth-order valence-electron chi connectivity index (χ4n) is 5.26. The van der Waals surface area contributed by atoms with Crippen LogP contribution in [0.15, 0.2) is 53.5 Å². The van der Waals surface area contributed by atoms with E-state index in [9.17, 15) is 4.79 Å². The average Bonchev–Trinajstić information content (AvgIpc) is 3.34. The summed E-state index contributed by atoms with van der Waals surface area (Å²) in [6.45, 7) is 3.17. The minimum absolute atomic E-state index is 0.260. The van der Waals surface area contributed by atoms with Crippen molar-refractivity contribution in [3.8, 4) is 33.9 Å². The van der Waals surface area contributed by atoms with Gasteiger partial charge in [0.2, 0.25) is 5.82 Å². The third kappa shape index (κ3) is 4.67. The first-order valence-corrected chi connectivity index (χ1v) is 13.0. The molecule has 36 heavy (non-hydrogen) atoms.